The summed E-state index contributed by atoms with van der Waals surface area (Å²) in [5.74, 6) is 0.621. The second kappa shape index (κ2) is 10.1. The minimum absolute atomic E-state index is 0.621. The lowest BCUT2D eigenvalue weighted by Crippen LogP contribution is -1.93. The molecular weight excluding hydrogens is 574 g/mol. The summed E-state index contributed by atoms with van der Waals surface area (Å²) in [4.78, 5) is 4.92. The molecule has 3 heterocycles. The monoisotopic (exact) mass is 601 g/mol. The van der Waals surface area contributed by atoms with Crippen LogP contribution in [-0.4, -0.2) is 14.1 Å². The van der Waals surface area contributed by atoms with Crippen LogP contribution in [-0.2, 0) is 0 Å². The lowest BCUT2D eigenvalue weighted by atomic mass is 10.0. The van der Waals surface area contributed by atoms with Crippen LogP contribution < -0.4 is 0 Å². The highest BCUT2D eigenvalue weighted by Gasteiger charge is 2.17. The molecule has 7 aromatic carbocycles. The summed E-state index contributed by atoms with van der Waals surface area (Å²) >= 11 is 0. The minimum Gasteiger partial charge on any atom is -0.436 e. The molecule has 0 unspecified atom stereocenters. The number of nitrogens with zero attached hydrogens (tertiary/aromatic N) is 3. The van der Waals surface area contributed by atoms with Gasteiger partial charge in [0.15, 0.2) is 5.58 Å². The van der Waals surface area contributed by atoms with E-state index in [9.17, 15) is 0 Å². The molecule has 220 valence electrons. The van der Waals surface area contributed by atoms with Gasteiger partial charge in [-0.2, -0.15) is 0 Å². The van der Waals surface area contributed by atoms with Gasteiger partial charge in [-0.25, -0.2) is 4.98 Å². The Balaban J connectivity index is 1.09. The van der Waals surface area contributed by atoms with E-state index < -0.39 is 0 Å². The normalized spacial score (nSPS) is 11.8. The molecule has 4 nitrogen and oxygen atoms in total. The highest BCUT2D eigenvalue weighted by atomic mass is 16.3. The summed E-state index contributed by atoms with van der Waals surface area (Å²) in [7, 11) is 0. The van der Waals surface area contributed by atoms with Gasteiger partial charge in [0.25, 0.3) is 0 Å². The summed E-state index contributed by atoms with van der Waals surface area (Å²) in [6, 6.07) is 57.8. The van der Waals surface area contributed by atoms with E-state index >= 15 is 0 Å². The van der Waals surface area contributed by atoms with Gasteiger partial charge in [-0.3, -0.25) is 0 Å². The van der Waals surface area contributed by atoms with Gasteiger partial charge in [-0.05, 0) is 83.9 Å². The van der Waals surface area contributed by atoms with Crippen molar-refractivity contribution in [1.29, 1.82) is 0 Å². The van der Waals surface area contributed by atoms with Crippen LogP contribution in [0.4, 0.5) is 0 Å². The van der Waals surface area contributed by atoms with Crippen LogP contribution >= 0.6 is 0 Å². The van der Waals surface area contributed by atoms with E-state index in [0.717, 1.165) is 44.7 Å². The van der Waals surface area contributed by atoms with Crippen molar-refractivity contribution < 1.29 is 4.42 Å². The molecule has 0 aliphatic carbocycles. The molecular formula is C43H27N3O. The fourth-order valence-corrected chi connectivity index (χ4v) is 7.19. The SMILES string of the molecule is c1ccc(-n2c3ccccc3c3cc(-c4nc5ccc(-c6ccc7c8ccccc8n(-c8ccccc8)c7c6)cc5o4)ccc32)cc1. The minimum atomic E-state index is 0.621. The first-order valence-electron chi connectivity index (χ1n) is 15.9. The highest BCUT2D eigenvalue weighted by Crippen LogP contribution is 2.38. The molecule has 0 radical (unpaired) electrons. The van der Waals surface area contributed by atoms with Gasteiger partial charge in [0.2, 0.25) is 5.89 Å². The Labute approximate surface area is 270 Å². The Bertz CT molecular complexity index is 2780. The van der Waals surface area contributed by atoms with Crippen LogP contribution in [0.5, 0.6) is 0 Å². The van der Waals surface area contributed by atoms with Gasteiger partial charge in [0.1, 0.15) is 5.52 Å². The van der Waals surface area contributed by atoms with E-state index in [1.807, 2.05) is 0 Å². The second-order valence-electron chi connectivity index (χ2n) is 12.0. The summed E-state index contributed by atoms with van der Waals surface area (Å²) in [5.41, 5.74) is 11.8. The zero-order valence-corrected chi connectivity index (χ0v) is 25.3. The maximum atomic E-state index is 6.47. The smallest absolute Gasteiger partial charge is 0.227 e. The average Bonchev–Trinajstić information content (AvgIpc) is 3.81. The van der Waals surface area contributed by atoms with Crippen molar-refractivity contribution in [2.45, 2.75) is 0 Å². The van der Waals surface area contributed by atoms with Gasteiger partial charge >= 0.3 is 0 Å². The fourth-order valence-electron chi connectivity index (χ4n) is 7.19. The first kappa shape index (κ1) is 25.9. The van der Waals surface area contributed by atoms with Gasteiger partial charge < -0.3 is 13.6 Å². The van der Waals surface area contributed by atoms with Crippen molar-refractivity contribution in [3.8, 4) is 34.0 Å². The Hall–Kier alpha value is -6.39. The summed E-state index contributed by atoms with van der Waals surface area (Å²) < 4.78 is 11.1. The van der Waals surface area contributed by atoms with Crippen molar-refractivity contribution in [3.63, 3.8) is 0 Å². The Kier molecular flexibility index (Phi) is 5.54. The maximum Gasteiger partial charge on any atom is 0.227 e. The molecule has 47 heavy (non-hydrogen) atoms. The van der Waals surface area contributed by atoms with Crippen molar-refractivity contribution in [1.82, 2.24) is 14.1 Å². The first-order valence-corrected chi connectivity index (χ1v) is 15.9. The van der Waals surface area contributed by atoms with Gasteiger partial charge in [-0.1, -0.05) is 91.0 Å². The number of oxazole rings is 1. The maximum absolute atomic E-state index is 6.47. The van der Waals surface area contributed by atoms with Crippen molar-refractivity contribution >= 4 is 54.7 Å². The summed E-state index contributed by atoms with van der Waals surface area (Å²) in [5, 5.41) is 4.86. The Morgan fingerprint density at radius 3 is 1.64 bits per heavy atom. The molecule has 0 saturated carbocycles. The Morgan fingerprint density at radius 2 is 0.915 bits per heavy atom. The molecule has 10 rings (SSSR count). The molecule has 0 aliphatic heterocycles. The number of rotatable bonds is 4. The van der Waals surface area contributed by atoms with Crippen LogP contribution in [0.2, 0.25) is 0 Å². The highest BCUT2D eigenvalue weighted by molar-refractivity contribution is 6.11. The molecule has 10 aromatic rings. The average molecular weight is 602 g/mol. The van der Waals surface area contributed by atoms with E-state index in [-0.39, 0.29) is 0 Å². The molecule has 4 heteroatoms. The topological polar surface area (TPSA) is 35.9 Å². The molecule has 0 amide bonds. The van der Waals surface area contributed by atoms with E-state index in [1.165, 1.54) is 38.1 Å². The van der Waals surface area contributed by atoms with Crippen LogP contribution in [0.25, 0.3) is 88.7 Å². The number of hydrogen-bond acceptors (Lipinski definition) is 2. The number of hydrogen-bond donors (Lipinski definition) is 0. The fraction of sp³-hybridized carbons (Fsp3) is 0. The van der Waals surface area contributed by atoms with Crippen LogP contribution in [0.1, 0.15) is 0 Å². The molecule has 0 atom stereocenters. The molecule has 0 fully saturated rings. The predicted octanol–water partition coefficient (Wildman–Crippen LogP) is 11.4. The Morgan fingerprint density at radius 1 is 0.383 bits per heavy atom. The van der Waals surface area contributed by atoms with E-state index in [2.05, 4.69) is 173 Å². The molecule has 0 spiro atoms. The van der Waals surface area contributed by atoms with Gasteiger partial charge in [0, 0.05) is 38.5 Å². The third kappa shape index (κ3) is 3.98. The zero-order valence-electron chi connectivity index (χ0n) is 25.3. The van der Waals surface area contributed by atoms with Crippen LogP contribution in [0.15, 0.2) is 168 Å². The second-order valence-corrected chi connectivity index (χ2v) is 12.0. The molecule has 0 saturated heterocycles. The summed E-state index contributed by atoms with van der Waals surface area (Å²) in [6.45, 7) is 0. The third-order valence-electron chi connectivity index (χ3n) is 9.34. The van der Waals surface area contributed by atoms with Crippen molar-refractivity contribution in [2.24, 2.45) is 0 Å². The van der Waals surface area contributed by atoms with Gasteiger partial charge in [0.05, 0.1) is 22.1 Å². The van der Waals surface area contributed by atoms with Gasteiger partial charge in [-0.15, -0.1) is 0 Å². The standard InChI is InChI=1S/C43H27N3O/c1-3-11-31(12-4-1)45-39-18-10-8-16-34(39)36-25-30(21-24-40(36)45)43-44-37-23-20-29(27-42(37)47-43)28-19-22-35-33-15-7-9-17-38(33)46(41(35)26-28)32-13-5-2-6-14-32/h1-27H. The summed E-state index contributed by atoms with van der Waals surface area (Å²) in [6.07, 6.45) is 0. The largest absolute Gasteiger partial charge is 0.436 e. The molecule has 0 N–H and O–H groups in total. The lowest BCUT2D eigenvalue weighted by Gasteiger charge is -2.09. The lowest BCUT2D eigenvalue weighted by molar-refractivity contribution is 0.620. The van der Waals surface area contributed by atoms with Crippen molar-refractivity contribution in [2.75, 3.05) is 0 Å². The quantitative estimate of drug-likeness (QED) is 0.201. The van der Waals surface area contributed by atoms with Crippen molar-refractivity contribution in [3.05, 3.63) is 164 Å². The van der Waals surface area contributed by atoms with E-state index in [0.29, 0.717) is 5.89 Å². The number of aromatic nitrogens is 3. The molecule has 0 bridgehead atoms. The molecule has 0 aliphatic rings. The first-order chi connectivity index (χ1) is 23.3. The third-order valence-corrected chi connectivity index (χ3v) is 9.34. The predicted molar refractivity (Wildman–Crippen MR) is 194 cm³/mol. The van der Waals surface area contributed by atoms with Crippen LogP contribution in [0.3, 0.4) is 0 Å². The number of fused-ring (bicyclic) bond motifs is 7. The zero-order chi connectivity index (χ0) is 30.9. The van der Waals surface area contributed by atoms with E-state index in [4.69, 9.17) is 9.40 Å². The molecule has 3 aromatic heterocycles. The number of benzene rings is 7. The van der Waals surface area contributed by atoms with E-state index in [1.54, 1.807) is 0 Å². The number of para-hydroxylation sites is 4. The van der Waals surface area contributed by atoms with Crippen LogP contribution in [0, 0.1) is 0 Å².